The largest absolute Gasteiger partial charge is 0.466 e. The summed E-state index contributed by atoms with van der Waals surface area (Å²) in [6, 6.07) is 14.5. The smallest absolute Gasteiger partial charge is 0.354 e. The lowest BCUT2D eigenvalue weighted by molar-refractivity contribution is -0.138. The molecular weight excluding hydrogens is 360 g/mol. The third-order valence-corrected chi connectivity index (χ3v) is 3.90. The van der Waals surface area contributed by atoms with Gasteiger partial charge >= 0.3 is 11.9 Å². The van der Waals surface area contributed by atoms with Crippen molar-refractivity contribution in [3.8, 4) is 11.1 Å². The molecule has 7 heteroatoms. The van der Waals surface area contributed by atoms with Crippen LogP contribution in [0.4, 0.5) is 5.69 Å². The monoisotopic (exact) mass is 382 g/mol. The Hall–Kier alpha value is -3.61. The highest BCUT2D eigenvalue weighted by Crippen LogP contribution is 2.23. The van der Waals surface area contributed by atoms with Gasteiger partial charge in [0.15, 0.2) is 0 Å². The SMILES string of the molecule is COC(=O)/C=C(/Nc1ccc(-c2ccc(C(=O)N(C)C)cc2)cc1)C(=O)OC. The number of amides is 1. The van der Waals surface area contributed by atoms with E-state index in [0.29, 0.717) is 11.3 Å². The standard InChI is InChI=1S/C21H22N2O5/c1-23(2)20(25)16-7-5-14(6-8-16)15-9-11-17(12-10-15)22-18(21(26)28-4)13-19(24)27-3/h5-13,22H,1-4H3/b18-13+. The van der Waals surface area contributed by atoms with Gasteiger partial charge in [-0.1, -0.05) is 24.3 Å². The van der Waals surface area contributed by atoms with E-state index in [1.54, 1.807) is 38.4 Å². The lowest BCUT2D eigenvalue weighted by atomic mass is 10.0. The molecule has 28 heavy (non-hydrogen) atoms. The molecule has 0 saturated carbocycles. The lowest BCUT2D eigenvalue weighted by Crippen LogP contribution is -2.21. The minimum Gasteiger partial charge on any atom is -0.466 e. The average Bonchev–Trinajstić information content (AvgIpc) is 2.72. The van der Waals surface area contributed by atoms with Crippen molar-refractivity contribution in [1.29, 1.82) is 0 Å². The second kappa shape index (κ2) is 9.36. The summed E-state index contributed by atoms with van der Waals surface area (Å²) in [5.41, 5.74) is 3.06. The third-order valence-electron chi connectivity index (χ3n) is 3.90. The molecule has 1 N–H and O–H groups in total. The molecule has 0 aliphatic heterocycles. The van der Waals surface area contributed by atoms with Gasteiger partial charge in [-0.2, -0.15) is 0 Å². The Morgan fingerprint density at radius 2 is 1.39 bits per heavy atom. The van der Waals surface area contributed by atoms with Crippen LogP contribution in [0, 0.1) is 0 Å². The highest BCUT2D eigenvalue weighted by Gasteiger charge is 2.13. The number of rotatable bonds is 6. The molecule has 0 radical (unpaired) electrons. The highest BCUT2D eigenvalue weighted by molar-refractivity contribution is 5.98. The Bertz CT molecular complexity index is 884. The van der Waals surface area contributed by atoms with Crippen LogP contribution in [0.15, 0.2) is 60.3 Å². The van der Waals surface area contributed by atoms with Crippen molar-refractivity contribution >= 4 is 23.5 Å². The van der Waals surface area contributed by atoms with Gasteiger partial charge in [-0.3, -0.25) is 4.79 Å². The van der Waals surface area contributed by atoms with Crippen LogP contribution in [-0.2, 0) is 19.1 Å². The second-order valence-electron chi connectivity index (χ2n) is 6.05. The molecule has 1 amide bonds. The first-order valence-corrected chi connectivity index (χ1v) is 8.43. The summed E-state index contributed by atoms with van der Waals surface area (Å²) >= 11 is 0. The Morgan fingerprint density at radius 1 is 0.857 bits per heavy atom. The molecule has 0 aliphatic rings. The van der Waals surface area contributed by atoms with Crippen molar-refractivity contribution in [1.82, 2.24) is 4.90 Å². The van der Waals surface area contributed by atoms with Crippen molar-refractivity contribution in [3.05, 3.63) is 65.9 Å². The maximum Gasteiger partial charge on any atom is 0.354 e. The van der Waals surface area contributed by atoms with Gasteiger partial charge in [0.2, 0.25) is 0 Å². The molecule has 0 atom stereocenters. The molecule has 0 unspecified atom stereocenters. The number of carbonyl (C=O) groups is 3. The number of anilines is 1. The summed E-state index contributed by atoms with van der Waals surface area (Å²) in [6.45, 7) is 0. The van der Waals surface area contributed by atoms with Crippen LogP contribution in [-0.4, -0.2) is 51.1 Å². The van der Waals surface area contributed by atoms with Crippen molar-refractivity contribution in [3.63, 3.8) is 0 Å². The maximum atomic E-state index is 12.0. The summed E-state index contributed by atoms with van der Waals surface area (Å²) in [6.07, 6.45) is 1.03. The zero-order valence-electron chi connectivity index (χ0n) is 16.2. The third kappa shape index (κ3) is 5.20. The van der Waals surface area contributed by atoms with E-state index in [1.807, 2.05) is 24.3 Å². The average molecular weight is 382 g/mol. The quantitative estimate of drug-likeness (QED) is 0.611. The van der Waals surface area contributed by atoms with Crippen molar-refractivity contribution < 1.29 is 23.9 Å². The van der Waals surface area contributed by atoms with Gasteiger partial charge in [0, 0.05) is 25.3 Å². The number of ether oxygens (including phenoxy) is 2. The highest BCUT2D eigenvalue weighted by atomic mass is 16.5. The minimum atomic E-state index is -0.685. The van der Waals surface area contributed by atoms with Crippen LogP contribution in [0.1, 0.15) is 10.4 Å². The zero-order valence-corrected chi connectivity index (χ0v) is 16.2. The summed E-state index contributed by atoms with van der Waals surface area (Å²) in [5.74, 6) is -1.41. The second-order valence-corrected chi connectivity index (χ2v) is 6.05. The first kappa shape index (κ1) is 20.7. The molecule has 7 nitrogen and oxygen atoms in total. The van der Waals surface area contributed by atoms with Gasteiger partial charge in [0.25, 0.3) is 5.91 Å². The van der Waals surface area contributed by atoms with E-state index in [2.05, 4.69) is 14.8 Å². The van der Waals surface area contributed by atoms with Crippen molar-refractivity contribution in [2.75, 3.05) is 33.6 Å². The Balaban J connectivity index is 2.18. The normalized spacial score (nSPS) is 10.8. The Labute approximate surface area is 163 Å². The molecule has 0 heterocycles. The van der Waals surface area contributed by atoms with Gasteiger partial charge < -0.3 is 19.7 Å². The van der Waals surface area contributed by atoms with Crippen LogP contribution < -0.4 is 5.32 Å². The van der Waals surface area contributed by atoms with Gasteiger partial charge in [-0.15, -0.1) is 0 Å². The van der Waals surface area contributed by atoms with Crippen molar-refractivity contribution in [2.24, 2.45) is 0 Å². The Morgan fingerprint density at radius 3 is 1.86 bits per heavy atom. The molecule has 0 saturated heterocycles. The van der Waals surface area contributed by atoms with Gasteiger partial charge in [-0.25, -0.2) is 9.59 Å². The number of hydrogen-bond donors (Lipinski definition) is 1. The number of esters is 2. The predicted octanol–water partition coefficient (Wildman–Crippen LogP) is 2.70. The zero-order chi connectivity index (χ0) is 20.7. The molecule has 0 spiro atoms. The number of benzene rings is 2. The number of carbonyl (C=O) groups excluding carboxylic acids is 3. The summed E-state index contributed by atoms with van der Waals surface area (Å²) in [4.78, 5) is 36.7. The van der Waals surface area contributed by atoms with E-state index in [0.717, 1.165) is 17.2 Å². The predicted molar refractivity (Wildman–Crippen MR) is 106 cm³/mol. The molecule has 2 aromatic rings. The van der Waals surface area contributed by atoms with E-state index >= 15 is 0 Å². The number of methoxy groups -OCH3 is 2. The van der Waals surface area contributed by atoms with Crippen LogP contribution >= 0.6 is 0 Å². The molecule has 0 aliphatic carbocycles. The molecular formula is C21H22N2O5. The molecule has 146 valence electrons. The fourth-order valence-corrected chi connectivity index (χ4v) is 2.40. The first-order chi connectivity index (χ1) is 13.3. The molecule has 0 bridgehead atoms. The van der Waals surface area contributed by atoms with Crippen LogP contribution in [0.3, 0.4) is 0 Å². The van der Waals surface area contributed by atoms with Gasteiger partial charge in [0.05, 0.1) is 20.3 Å². The van der Waals surface area contributed by atoms with Crippen LogP contribution in [0.5, 0.6) is 0 Å². The molecule has 0 fully saturated rings. The fourth-order valence-electron chi connectivity index (χ4n) is 2.40. The van der Waals surface area contributed by atoms with E-state index in [9.17, 15) is 14.4 Å². The Kier molecular flexibility index (Phi) is 6.92. The van der Waals surface area contributed by atoms with Crippen LogP contribution in [0.25, 0.3) is 11.1 Å². The topological polar surface area (TPSA) is 84.9 Å². The van der Waals surface area contributed by atoms with E-state index in [4.69, 9.17) is 0 Å². The minimum absolute atomic E-state index is 0.0337. The van der Waals surface area contributed by atoms with E-state index in [1.165, 1.54) is 19.1 Å². The number of hydrogen-bond acceptors (Lipinski definition) is 6. The van der Waals surface area contributed by atoms with Gasteiger partial charge in [-0.05, 0) is 35.4 Å². The molecule has 2 rings (SSSR count). The molecule has 2 aromatic carbocycles. The lowest BCUT2D eigenvalue weighted by Gasteiger charge is -2.11. The number of nitrogens with one attached hydrogen (secondary N) is 1. The number of nitrogens with zero attached hydrogens (tertiary/aromatic N) is 1. The summed E-state index contributed by atoms with van der Waals surface area (Å²) < 4.78 is 9.20. The van der Waals surface area contributed by atoms with Gasteiger partial charge in [0.1, 0.15) is 5.70 Å². The fraction of sp³-hybridized carbons (Fsp3) is 0.190. The van der Waals surface area contributed by atoms with Crippen molar-refractivity contribution in [2.45, 2.75) is 0 Å². The van der Waals surface area contributed by atoms with E-state index in [-0.39, 0.29) is 11.6 Å². The summed E-state index contributed by atoms with van der Waals surface area (Å²) in [7, 11) is 5.86. The molecule has 0 aromatic heterocycles. The van der Waals surface area contributed by atoms with Crippen LogP contribution in [0.2, 0.25) is 0 Å². The first-order valence-electron chi connectivity index (χ1n) is 8.43. The summed E-state index contributed by atoms with van der Waals surface area (Å²) in [5, 5.41) is 2.85. The van der Waals surface area contributed by atoms with E-state index < -0.39 is 11.9 Å². The maximum absolute atomic E-state index is 12.0.